The van der Waals surface area contributed by atoms with E-state index < -0.39 is 17.7 Å². The van der Waals surface area contributed by atoms with E-state index in [2.05, 4.69) is 20.4 Å². The topological polar surface area (TPSA) is 104 Å². The number of carbonyl (C=O) groups is 1. The number of halogens is 2. The SMILES string of the molecule is CCn1cc(-c2ccc(Nc3ncnc(OC4C5COCC4CN(C(=O)OC4(C)CC4)C5)c3F)c(F)c2)cn1. The van der Waals surface area contributed by atoms with Crippen LogP contribution in [0.3, 0.4) is 0 Å². The van der Waals surface area contributed by atoms with E-state index in [1.165, 1.54) is 18.5 Å². The number of aromatic nitrogens is 4. The van der Waals surface area contributed by atoms with E-state index in [-0.39, 0.29) is 40.9 Å². The summed E-state index contributed by atoms with van der Waals surface area (Å²) in [7, 11) is 0. The quantitative estimate of drug-likeness (QED) is 0.471. The van der Waals surface area contributed by atoms with E-state index in [0.717, 1.165) is 18.4 Å². The lowest BCUT2D eigenvalue weighted by Gasteiger charge is -2.46. The van der Waals surface area contributed by atoms with E-state index in [0.29, 0.717) is 38.4 Å². The number of piperidine rings is 1. The maximum absolute atomic E-state index is 15.4. The molecule has 2 saturated heterocycles. The molecule has 1 aliphatic carbocycles. The van der Waals surface area contributed by atoms with Crippen LogP contribution in [0.1, 0.15) is 26.7 Å². The molecule has 6 rings (SSSR count). The highest BCUT2D eigenvalue weighted by atomic mass is 19.1. The molecule has 2 atom stereocenters. The lowest BCUT2D eigenvalue weighted by atomic mass is 9.84. The molecule has 2 aromatic heterocycles. The molecule has 39 heavy (non-hydrogen) atoms. The Labute approximate surface area is 224 Å². The van der Waals surface area contributed by atoms with Crippen molar-refractivity contribution < 1.29 is 27.8 Å². The summed E-state index contributed by atoms with van der Waals surface area (Å²) in [5.41, 5.74) is 1.13. The molecular formula is C27H30F2N6O4. The fourth-order valence-corrected chi connectivity index (χ4v) is 5.06. The predicted octanol–water partition coefficient (Wildman–Crippen LogP) is 4.40. The highest BCUT2D eigenvalue weighted by Crippen LogP contribution is 2.40. The van der Waals surface area contributed by atoms with E-state index >= 15 is 4.39 Å². The summed E-state index contributed by atoms with van der Waals surface area (Å²) in [5.74, 6) is -2.18. The lowest BCUT2D eigenvalue weighted by molar-refractivity contribution is -0.112. The van der Waals surface area contributed by atoms with Crippen molar-refractivity contribution >= 4 is 17.6 Å². The van der Waals surface area contributed by atoms with Crippen LogP contribution in [-0.2, 0) is 16.0 Å². The van der Waals surface area contributed by atoms with Gasteiger partial charge in [-0.3, -0.25) is 4.68 Å². The van der Waals surface area contributed by atoms with Gasteiger partial charge in [-0.25, -0.2) is 14.2 Å². The molecule has 10 nitrogen and oxygen atoms in total. The number of nitrogens with one attached hydrogen (secondary N) is 1. The molecule has 1 amide bonds. The summed E-state index contributed by atoms with van der Waals surface area (Å²) >= 11 is 0. The Kier molecular flexibility index (Phi) is 6.57. The Bertz CT molecular complexity index is 1370. The van der Waals surface area contributed by atoms with Gasteiger partial charge in [-0.2, -0.15) is 14.5 Å². The first-order chi connectivity index (χ1) is 18.8. The maximum Gasteiger partial charge on any atom is 0.410 e. The summed E-state index contributed by atoms with van der Waals surface area (Å²) in [4.78, 5) is 22.3. The molecule has 12 heteroatoms. The van der Waals surface area contributed by atoms with Crippen molar-refractivity contribution in [2.75, 3.05) is 31.6 Å². The number of likely N-dealkylation sites (tertiary alicyclic amines) is 1. The van der Waals surface area contributed by atoms with Crippen LogP contribution in [-0.4, -0.2) is 68.7 Å². The average Bonchev–Trinajstić information content (AvgIpc) is 3.43. The number of fused-ring (bicyclic) bond motifs is 2. The van der Waals surface area contributed by atoms with Crippen LogP contribution in [0, 0.1) is 23.5 Å². The highest BCUT2D eigenvalue weighted by Gasteiger charge is 2.47. The molecule has 0 spiro atoms. The minimum Gasteiger partial charge on any atom is -0.471 e. The van der Waals surface area contributed by atoms with Crippen LogP contribution in [0.15, 0.2) is 36.9 Å². The van der Waals surface area contributed by atoms with E-state index in [1.807, 2.05) is 20.0 Å². The molecule has 1 N–H and O–H groups in total. The maximum atomic E-state index is 15.4. The second-order valence-corrected chi connectivity index (χ2v) is 10.6. The molecule has 206 valence electrons. The van der Waals surface area contributed by atoms with Gasteiger partial charge in [0.1, 0.15) is 23.8 Å². The van der Waals surface area contributed by atoms with Gasteiger partial charge in [-0.05, 0) is 44.4 Å². The zero-order chi connectivity index (χ0) is 27.1. The Morgan fingerprint density at radius 3 is 2.62 bits per heavy atom. The minimum atomic E-state index is -0.826. The highest BCUT2D eigenvalue weighted by molar-refractivity contribution is 5.69. The lowest BCUT2D eigenvalue weighted by Crippen LogP contribution is -2.59. The summed E-state index contributed by atoms with van der Waals surface area (Å²) < 4.78 is 49.5. The number of benzene rings is 1. The third-order valence-corrected chi connectivity index (χ3v) is 7.57. The number of amides is 1. The van der Waals surface area contributed by atoms with Gasteiger partial charge in [0.25, 0.3) is 5.88 Å². The fraction of sp³-hybridized carbons (Fsp3) is 0.481. The molecule has 2 bridgehead atoms. The number of hydrogen-bond donors (Lipinski definition) is 1. The molecule has 4 heterocycles. The van der Waals surface area contributed by atoms with Gasteiger partial charge in [0.2, 0.25) is 5.82 Å². The van der Waals surface area contributed by atoms with Gasteiger partial charge in [-0.15, -0.1) is 0 Å². The number of anilines is 2. The smallest absolute Gasteiger partial charge is 0.410 e. The van der Waals surface area contributed by atoms with Crippen LogP contribution in [0.2, 0.25) is 0 Å². The molecule has 3 aromatic rings. The summed E-state index contributed by atoms with van der Waals surface area (Å²) in [6.07, 6.45) is 5.67. The van der Waals surface area contributed by atoms with Crippen LogP contribution < -0.4 is 10.1 Å². The Hall–Kier alpha value is -3.80. The number of ether oxygens (including phenoxy) is 3. The third-order valence-electron chi connectivity index (χ3n) is 7.57. The Morgan fingerprint density at radius 1 is 1.18 bits per heavy atom. The van der Waals surface area contributed by atoms with Crippen LogP contribution in [0.5, 0.6) is 5.88 Å². The average molecular weight is 541 g/mol. The Morgan fingerprint density at radius 2 is 1.95 bits per heavy atom. The van der Waals surface area contributed by atoms with Crippen LogP contribution >= 0.6 is 0 Å². The van der Waals surface area contributed by atoms with Crippen molar-refractivity contribution in [3.63, 3.8) is 0 Å². The number of hydrogen-bond acceptors (Lipinski definition) is 8. The third kappa shape index (κ3) is 5.25. The van der Waals surface area contributed by atoms with Crippen molar-refractivity contribution in [3.05, 3.63) is 48.6 Å². The monoisotopic (exact) mass is 540 g/mol. The molecule has 1 saturated carbocycles. The van der Waals surface area contributed by atoms with Gasteiger partial charge in [0.05, 0.1) is 25.1 Å². The number of nitrogens with zero attached hydrogens (tertiary/aromatic N) is 5. The molecule has 3 fully saturated rings. The van der Waals surface area contributed by atoms with Crippen molar-refractivity contribution in [2.24, 2.45) is 11.8 Å². The molecular weight excluding hydrogens is 510 g/mol. The first kappa shape index (κ1) is 25.5. The van der Waals surface area contributed by atoms with E-state index in [1.54, 1.807) is 21.8 Å². The second-order valence-electron chi connectivity index (χ2n) is 10.6. The normalized spacial score (nSPS) is 23.3. The number of carbonyl (C=O) groups excluding carboxylic acids is 1. The largest absolute Gasteiger partial charge is 0.471 e. The number of aryl methyl sites for hydroxylation is 1. The molecule has 2 unspecified atom stereocenters. The van der Waals surface area contributed by atoms with Crippen molar-refractivity contribution in [1.82, 2.24) is 24.6 Å². The minimum absolute atomic E-state index is 0.0617. The zero-order valence-corrected chi connectivity index (χ0v) is 21.8. The zero-order valence-electron chi connectivity index (χ0n) is 21.8. The second kappa shape index (κ2) is 10.1. The van der Waals surface area contributed by atoms with E-state index in [4.69, 9.17) is 14.2 Å². The molecule has 1 aromatic carbocycles. The first-order valence-corrected chi connectivity index (χ1v) is 13.1. The van der Waals surface area contributed by atoms with Crippen molar-refractivity contribution in [2.45, 2.75) is 44.9 Å². The molecule has 2 aliphatic heterocycles. The van der Waals surface area contributed by atoms with Gasteiger partial charge in [0, 0.05) is 43.2 Å². The van der Waals surface area contributed by atoms with Crippen LogP contribution in [0.4, 0.5) is 25.1 Å². The van der Waals surface area contributed by atoms with Gasteiger partial charge < -0.3 is 24.4 Å². The number of rotatable bonds is 7. The fourth-order valence-electron chi connectivity index (χ4n) is 5.06. The van der Waals surface area contributed by atoms with Crippen molar-refractivity contribution in [3.8, 4) is 17.0 Å². The van der Waals surface area contributed by atoms with Crippen molar-refractivity contribution in [1.29, 1.82) is 0 Å². The Balaban J connectivity index is 1.15. The molecule has 0 radical (unpaired) electrons. The molecule has 3 aliphatic rings. The summed E-state index contributed by atoms with van der Waals surface area (Å²) in [5, 5.41) is 6.93. The van der Waals surface area contributed by atoms with Gasteiger partial charge in [-0.1, -0.05) is 6.07 Å². The summed E-state index contributed by atoms with van der Waals surface area (Å²) in [6.45, 7) is 6.10. The first-order valence-electron chi connectivity index (χ1n) is 13.1. The van der Waals surface area contributed by atoms with Crippen LogP contribution in [0.25, 0.3) is 11.1 Å². The predicted molar refractivity (Wildman–Crippen MR) is 136 cm³/mol. The van der Waals surface area contributed by atoms with Gasteiger partial charge in [0.15, 0.2) is 5.82 Å². The standard InChI is InChI=1S/C27H30F2N6O4/c1-3-35-12-17(9-32-35)16-4-5-21(20(28)8-16)33-24-22(29)25(31-15-30-24)38-23-18-10-34(11-19(23)14-37-13-18)26(36)39-27(2)6-7-27/h4-5,8-9,12,15,18-19,23H,3,6-7,10-11,13-14H2,1-2H3,(H,30,31,33). The summed E-state index contributed by atoms with van der Waals surface area (Å²) in [6, 6.07) is 4.61. The van der Waals surface area contributed by atoms with E-state index in [9.17, 15) is 9.18 Å². The van der Waals surface area contributed by atoms with Gasteiger partial charge >= 0.3 is 6.09 Å².